The molecule has 2 fully saturated rings. The summed E-state index contributed by atoms with van der Waals surface area (Å²) in [6, 6.07) is 22.9. The zero-order valence-corrected chi connectivity index (χ0v) is 11.6. The number of hydrogen-bond donors (Lipinski definition) is 0. The van der Waals surface area contributed by atoms with Gasteiger partial charge in [-0.15, -0.1) is 0 Å². The van der Waals surface area contributed by atoms with Crippen molar-refractivity contribution in [2.75, 3.05) is 0 Å². The fraction of sp³-hybridized carbons (Fsp3) is 0.263. The number of fused-ring (bicyclic) bond motifs is 1. The van der Waals surface area contributed by atoms with Crippen molar-refractivity contribution in [2.45, 2.75) is 18.3 Å². The zero-order valence-electron chi connectivity index (χ0n) is 11.6. The molecule has 2 aromatic rings. The highest BCUT2D eigenvalue weighted by Crippen LogP contribution is 2.78. The van der Waals surface area contributed by atoms with Gasteiger partial charge in [0.2, 0.25) is 0 Å². The van der Waals surface area contributed by atoms with E-state index in [-0.39, 0.29) is 17.1 Å². The Hall–Kier alpha value is -2.40. The van der Waals surface area contributed by atoms with E-state index in [1.54, 1.807) is 0 Å². The Kier molecular flexibility index (Phi) is 2.38. The quantitative estimate of drug-likeness (QED) is 0.840. The van der Waals surface area contributed by atoms with Gasteiger partial charge in [-0.1, -0.05) is 60.7 Å². The molecule has 2 heteroatoms. The SMILES string of the molecule is N#CC12CC(=O)CC1C2(c1ccccc1)c1ccccc1. The molecular formula is C19H15NO. The molecule has 0 N–H and O–H groups in total. The van der Waals surface area contributed by atoms with Crippen LogP contribution in [0.2, 0.25) is 0 Å². The van der Waals surface area contributed by atoms with Crippen molar-refractivity contribution in [1.29, 1.82) is 5.26 Å². The van der Waals surface area contributed by atoms with Crippen LogP contribution in [0.4, 0.5) is 0 Å². The molecule has 2 aromatic carbocycles. The predicted molar refractivity (Wildman–Crippen MR) is 79.4 cm³/mol. The average Bonchev–Trinajstić information content (AvgIpc) is 2.93. The van der Waals surface area contributed by atoms with Crippen molar-refractivity contribution in [3.05, 3.63) is 71.8 Å². The highest BCUT2D eigenvalue weighted by Gasteiger charge is 2.81. The number of Topliss-reactive ketones (excluding diaryl/α,β-unsaturated/α-hetero) is 1. The lowest BCUT2D eigenvalue weighted by molar-refractivity contribution is -0.118. The molecule has 0 bridgehead atoms. The fourth-order valence-corrected chi connectivity index (χ4v) is 4.51. The average molecular weight is 273 g/mol. The van der Waals surface area contributed by atoms with Crippen molar-refractivity contribution in [2.24, 2.45) is 11.3 Å². The van der Waals surface area contributed by atoms with Gasteiger partial charge in [0.05, 0.1) is 11.5 Å². The Balaban J connectivity index is 1.96. The number of carbonyl (C=O) groups is 1. The van der Waals surface area contributed by atoms with Crippen LogP contribution in [0.25, 0.3) is 0 Å². The first kappa shape index (κ1) is 12.3. The lowest BCUT2D eigenvalue weighted by Crippen LogP contribution is -2.23. The minimum Gasteiger partial charge on any atom is -0.300 e. The molecule has 2 aliphatic rings. The minimum absolute atomic E-state index is 0.118. The van der Waals surface area contributed by atoms with Crippen LogP contribution in [0.1, 0.15) is 24.0 Å². The summed E-state index contributed by atoms with van der Waals surface area (Å²) in [5.74, 6) is 0.344. The number of benzene rings is 2. The molecule has 2 aliphatic carbocycles. The summed E-state index contributed by atoms with van der Waals surface area (Å²) in [5, 5.41) is 9.84. The molecule has 0 amide bonds. The lowest BCUT2D eigenvalue weighted by Gasteiger charge is -2.24. The van der Waals surface area contributed by atoms with Gasteiger partial charge < -0.3 is 0 Å². The molecule has 0 heterocycles. The molecular weight excluding hydrogens is 258 g/mol. The number of nitrogens with zero attached hydrogens (tertiary/aromatic N) is 1. The summed E-state index contributed by atoms with van der Waals surface area (Å²) in [5.41, 5.74) is 1.47. The van der Waals surface area contributed by atoms with Gasteiger partial charge in [0.15, 0.2) is 0 Å². The normalized spacial score (nSPS) is 28.7. The first-order chi connectivity index (χ1) is 10.3. The summed E-state index contributed by atoms with van der Waals surface area (Å²) in [6.07, 6.45) is 0.912. The largest absolute Gasteiger partial charge is 0.300 e. The third-order valence-corrected chi connectivity index (χ3v) is 5.30. The maximum absolute atomic E-state index is 11.8. The Bertz CT molecular complexity index is 705. The first-order valence-corrected chi connectivity index (χ1v) is 7.30. The van der Waals surface area contributed by atoms with E-state index in [9.17, 15) is 10.1 Å². The highest BCUT2D eigenvalue weighted by atomic mass is 16.1. The number of rotatable bonds is 2. The van der Waals surface area contributed by atoms with E-state index in [1.165, 1.54) is 0 Å². The monoisotopic (exact) mass is 273 g/mol. The van der Waals surface area contributed by atoms with Gasteiger partial charge in [0, 0.05) is 24.2 Å². The summed E-state index contributed by atoms with van der Waals surface area (Å²) < 4.78 is 0. The molecule has 2 atom stereocenters. The second-order valence-electron chi connectivity index (χ2n) is 6.10. The summed E-state index contributed by atoms with van der Waals surface area (Å²) >= 11 is 0. The van der Waals surface area contributed by atoms with Gasteiger partial charge in [-0.25, -0.2) is 0 Å². The van der Waals surface area contributed by atoms with Crippen LogP contribution >= 0.6 is 0 Å². The van der Waals surface area contributed by atoms with Gasteiger partial charge >= 0.3 is 0 Å². The van der Waals surface area contributed by atoms with Crippen LogP contribution in [-0.2, 0) is 10.2 Å². The first-order valence-electron chi connectivity index (χ1n) is 7.30. The molecule has 0 saturated heterocycles. The number of ketones is 1. The van der Waals surface area contributed by atoms with Crippen molar-refractivity contribution < 1.29 is 4.79 Å². The maximum Gasteiger partial charge on any atom is 0.134 e. The van der Waals surface area contributed by atoms with Crippen molar-refractivity contribution >= 4 is 5.78 Å². The molecule has 4 rings (SSSR count). The van der Waals surface area contributed by atoms with Crippen molar-refractivity contribution in [3.8, 4) is 6.07 Å². The molecule has 0 spiro atoms. The Morgan fingerprint density at radius 1 is 0.952 bits per heavy atom. The maximum atomic E-state index is 11.8. The zero-order chi connectivity index (χ0) is 14.5. The van der Waals surface area contributed by atoms with Crippen LogP contribution in [0.3, 0.4) is 0 Å². The molecule has 2 nitrogen and oxygen atoms in total. The summed E-state index contributed by atoms with van der Waals surface area (Å²) in [6.45, 7) is 0. The molecule has 2 saturated carbocycles. The van der Waals surface area contributed by atoms with Crippen molar-refractivity contribution in [3.63, 3.8) is 0 Å². The highest BCUT2D eigenvalue weighted by molar-refractivity contribution is 5.88. The lowest BCUT2D eigenvalue weighted by atomic mass is 9.77. The Labute approximate surface area is 124 Å². The molecule has 2 unspecified atom stereocenters. The second-order valence-corrected chi connectivity index (χ2v) is 6.10. The summed E-state index contributed by atoms with van der Waals surface area (Å²) in [4.78, 5) is 11.8. The van der Waals surface area contributed by atoms with E-state index < -0.39 is 5.41 Å². The Morgan fingerprint density at radius 3 is 1.90 bits per heavy atom. The number of carbonyl (C=O) groups excluding carboxylic acids is 1. The third kappa shape index (κ3) is 1.34. The third-order valence-electron chi connectivity index (χ3n) is 5.30. The summed E-state index contributed by atoms with van der Waals surface area (Å²) in [7, 11) is 0. The van der Waals surface area contributed by atoms with E-state index in [0.717, 1.165) is 11.1 Å². The van der Waals surface area contributed by atoms with Crippen LogP contribution in [0.15, 0.2) is 60.7 Å². The van der Waals surface area contributed by atoms with Crippen LogP contribution < -0.4 is 0 Å². The van der Waals surface area contributed by atoms with Gasteiger partial charge in [0.25, 0.3) is 0 Å². The number of hydrogen-bond acceptors (Lipinski definition) is 2. The van der Waals surface area contributed by atoms with Gasteiger partial charge in [0.1, 0.15) is 5.78 Å². The fourth-order valence-electron chi connectivity index (χ4n) is 4.51. The molecule has 102 valence electrons. The predicted octanol–water partition coefficient (Wildman–Crippen LogP) is 3.48. The van der Waals surface area contributed by atoms with E-state index in [2.05, 4.69) is 30.3 Å². The molecule has 0 radical (unpaired) electrons. The topological polar surface area (TPSA) is 40.9 Å². The van der Waals surface area contributed by atoms with E-state index >= 15 is 0 Å². The van der Waals surface area contributed by atoms with E-state index in [1.807, 2.05) is 36.4 Å². The smallest absolute Gasteiger partial charge is 0.134 e. The minimum atomic E-state index is -0.549. The second kappa shape index (κ2) is 4.05. The van der Waals surface area contributed by atoms with E-state index in [0.29, 0.717) is 12.8 Å². The van der Waals surface area contributed by atoms with Crippen LogP contribution in [0, 0.1) is 22.7 Å². The van der Waals surface area contributed by atoms with Gasteiger partial charge in [-0.05, 0) is 11.1 Å². The van der Waals surface area contributed by atoms with Gasteiger partial charge in [-0.3, -0.25) is 4.79 Å². The van der Waals surface area contributed by atoms with Crippen molar-refractivity contribution in [1.82, 2.24) is 0 Å². The van der Waals surface area contributed by atoms with Crippen LogP contribution in [-0.4, -0.2) is 5.78 Å². The molecule has 21 heavy (non-hydrogen) atoms. The van der Waals surface area contributed by atoms with Crippen LogP contribution in [0.5, 0.6) is 0 Å². The number of nitriles is 1. The molecule has 0 aliphatic heterocycles. The standard InChI is InChI=1S/C19H15NO/c20-13-18-12-16(21)11-17(18)19(18,14-7-3-1-4-8-14)15-9-5-2-6-10-15/h1-10,17H,11-12H2. The van der Waals surface area contributed by atoms with Gasteiger partial charge in [-0.2, -0.15) is 5.26 Å². The Morgan fingerprint density at radius 2 is 1.48 bits per heavy atom. The van der Waals surface area contributed by atoms with E-state index in [4.69, 9.17) is 0 Å². The molecule has 0 aromatic heterocycles.